The minimum atomic E-state index is -0.400. The summed E-state index contributed by atoms with van der Waals surface area (Å²) < 4.78 is 15.2. The van der Waals surface area contributed by atoms with Crippen molar-refractivity contribution < 1.29 is 19.7 Å². The van der Waals surface area contributed by atoms with Gasteiger partial charge in [-0.1, -0.05) is 246 Å². The summed E-state index contributed by atoms with van der Waals surface area (Å²) in [6.07, 6.45) is 48.3. The van der Waals surface area contributed by atoms with Gasteiger partial charge in [0.2, 0.25) is 0 Å². The Morgan fingerprint density at radius 3 is 1.28 bits per heavy atom. The average molecular weight is 1660 g/mol. The fourth-order valence-electron chi connectivity index (χ4n) is 24.1. The maximum Gasteiger partial charge on any atom is 0.352 e. The van der Waals surface area contributed by atoms with Gasteiger partial charge in [0.25, 0.3) is 0 Å². The van der Waals surface area contributed by atoms with Crippen LogP contribution < -0.4 is 22.8 Å². The SMILES string of the molecule is C=C1CC[C@H](O)C/C1=C/C=C1\CCCC2(C)C1CCC2[C@H](C)/C=C/[C@H](C)C(C)C.CC(C)[C@@H](C)/C=C/[C@@H](C)C1CCC2/C(=C/[C@H]3C4=C(CC[C@H](O)C4)Cn4c(=O)n(-c5ccccc5)c(=O)n43)CCCC21C.CC(C)[C@@H](C)/C=C/[C@@H](C)C1CCC2/C(=C/[C@H]3C4=C(CC[C@H](OC(=O)CBr)C4)Cn4c(=O)n(-c5ccccc5)c(=O)n43)CCCC21C. The molecular weight excluding hydrogens is 1520 g/mol. The van der Waals surface area contributed by atoms with Crippen molar-refractivity contribution >= 4 is 21.9 Å². The first kappa shape index (κ1) is 88.0. The Labute approximate surface area is 708 Å². The topological polar surface area (TPSA) is 165 Å². The molecule has 4 heterocycles. The number of hydrogen-bond acceptors (Lipinski definition) is 8. The Balaban J connectivity index is 0.000000156. The van der Waals surface area contributed by atoms with Gasteiger partial charge in [0, 0.05) is 6.42 Å². The second kappa shape index (κ2) is 37.3. The molecule has 636 valence electrons. The van der Waals surface area contributed by atoms with Crippen LogP contribution in [0.5, 0.6) is 0 Å². The first-order valence-electron chi connectivity index (χ1n) is 45.9. The molecule has 4 aromatic rings. The van der Waals surface area contributed by atoms with Gasteiger partial charge in [0.1, 0.15) is 11.4 Å². The average Bonchev–Trinajstić information content (AvgIpc) is 1.60. The third kappa shape index (κ3) is 18.2. The normalized spacial score (nSPS) is 32.7. The lowest BCUT2D eigenvalue weighted by Gasteiger charge is -2.44. The van der Waals surface area contributed by atoms with Gasteiger partial charge in [-0.25, -0.2) is 47.0 Å². The Bertz CT molecular complexity index is 4770. The van der Waals surface area contributed by atoms with Gasteiger partial charge in [-0.15, -0.1) is 0 Å². The molecule has 15 rings (SSSR count). The number of benzene rings is 2. The van der Waals surface area contributed by atoms with Crippen molar-refractivity contribution in [2.75, 3.05) is 5.33 Å². The van der Waals surface area contributed by atoms with Crippen molar-refractivity contribution in [3.63, 3.8) is 0 Å². The summed E-state index contributed by atoms with van der Waals surface area (Å²) in [6, 6.07) is 17.8. The lowest BCUT2D eigenvalue weighted by atomic mass is 9.61. The molecule has 2 aliphatic heterocycles. The first-order chi connectivity index (χ1) is 55.8. The number of rotatable bonds is 19. The van der Waals surface area contributed by atoms with E-state index < -0.39 is 6.10 Å². The van der Waals surface area contributed by atoms with Crippen LogP contribution >= 0.6 is 15.9 Å². The first-order valence-corrected chi connectivity index (χ1v) is 47.0. The molecule has 9 aliphatic carbocycles. The summed E-state index contributed by atoms with van der Waals surface area (Å²) in [5.41, 5.74) is 12.6. The summed E-state index contributed by atoms with van der Waals surface area (Å²) in [7, 11) is 0. The predicted octanol–water partition coefficient (Wildman–Crippen LogP) is 22.2. The summed E-state index contributed by atoms with van der Waals surface area (Å²) in [5, 5.41) is 20.9. The maximum absolute atomic E-state index is 14.2. The van der Waals surface area contributed by atoms with Crippen LogP contribution in [0.1, 0.15) is 270 Å². The third-order valence-corrected chi connectivity index (χ3v) is 32.6. The zero-order valence-corrected chi connectivity index (χ0v) is 75.4. The maximum atomic E-state index is 14.2. The van der Waals surface area contributed by atoms with E-state index in [1.165, 1.54) is 107 Å². The highest BCUT2D eigenvalue weighted by Gasteiger charge is 2.54. The summed E-state index contributed by atoms with van der Waals surface area (Å²) >= 11 is 3.23. The number of alkyl halides is 1. The van der Waals surface area contributed by atoms with E-state index >= 15 is 0 Å². The van der Waals surface area contributed by atoms with Crippen LogP contribution in [-0.4, -0.2) is 67.7 Å². The van der Waals surface area contributed by atoms with Gasteiger partial charge in [-0.2, -0.15) is 0 Å². The van der Waals surface area contributed by atoms with E-state index in [0.717, 1.165) is 99.5 Å². The van der Waals surface area contributed by atoms with E-state index in [1.54, 1.807) is 24.3 Å². The Morgan fingerprint density at radius 2 is 0.863 bits per heavy atom. The standard InChI is InChI=1S/C38H50BrN3O4.C36H49N3O3.C28H44O/c1-24(2)25(3)13-14-26(4)32-17-18-33-27(10-9-19-38(32,33)5)20-34-31-21-30(46-35(43)22-39)16-15-28(31)23-40-36(44)41(37(45)42(34)40)29-11-7-6-8-12-29;1-23(2)24(3)13-14-25(4)31-17-18-32-26(10-9-19-36(31,32)5)20-33-30-21-29(40)16-15-27(30)22-37-34(41)38(35(42)39(33)37)28-11-7-6-8-12-28;1-19(2)20(3)9-10-22(5)26-15-16-27-23(8-7-17-28(26,27)6)12-13-24-18-25(29)14-11-21(24)4/h6-8,11-14,20,24-26,30,32-34H,9-10,15-19,21-23H2,1-5H3;6-8,11-14,20,23-25,29,31-33,40H,9-10,15-19,21-22H2,1-5H3;9-10,12-13,19-20,22,25-27,29H,4,7-8,11,14-18H2,1-3,5-6H3/b14-13+,27-20+;14-13+,26-20+;10-9+,23-12+,24-13-/t25-,26+,30-,32?,33?,34-,38?;24-,25+,29-,31?,32?,33-,36?;20-,22+,25-,26?,27?,28?/m000/s1. The molecule has 2 aromatic heterocycles. The lowest BCUT2D eigenvalue weighted by molar-refractivity contribution is -0.146. The van der Waals surface area contributed by atoms with E-state index in [0.29, 0.717) is 120 Å². The molecular formula is C102H143BrN6O8. The van der Waals surface area contributed by atoms with Crippen LogP contribution in [0.3, 0.4) is 0 Å². The predicted molar refractivity (Wildman–Crippen MR) is 481 cm³/mol. The van der Waals surface area contributed by atoms with Crippen molar-refractivity contribution in [3.05, 3.63) is 220 Å². The number of esters is 1. The monoisotopic (exact) mass is 1660 g/mol. The molecule has 11 aliphatic rings. The highest BCUT2D eigenvalue weighted by molar-refractivity contribution is 9.09. The molecule has 0 amide bonds. The fraction of sp³-hybridized carbons (Fsp3) is 0.637. The van der Waals surface area contributed by atoms with Gasteiger partial charge in [-0.05, 0) is 305 Å². The molecule has 0 radical (unpaired) electrons. The van der Waals surface area contributed by atoms with Crippen molar-refractivity contribution in [1.82, 2.24) is 27.9 Å². The van der Waals surface area contributed by atoms with Crippen LogP contribution in [0.15, 0.2) is 197 Å². The van der Waals surface area contributed by atoms with Crippen LogP contribution in [0, 0.1) is 105 Å². The number of aliphatic hydroxyl groups is 2. The quantitative estimate of drug-likeness (QED) is 0.0532. The molecule has 15 heteroatoms. The van der Waals surface area contributed by atoms with Gasteiger partial charge in [0.05, 0.1) is 48.8 Å². The molecule has 0 bridgehead atoms. The number of aliphatic hydroxyl groups excluding tert-OH is 2. The number of carbonyl (C=O) groups excluding carboxylic acids is 1. The fourth-order valence-corrected chi connectivity index (χ4v) is 24.2. The molecule has 0 saturated heterocycles. The lowest BCUT2D eigenvalue weighted by Crippen LogP contribution is -2.40. The molecule has 14 nitrogen and oxygen atoms in total. The van der Waals surface area contributed by atoms with Crippen LogP contribution in [-0.2, 0) is 22.6 Å². The zero-order chi connectivity index (χ0) is 83.7. The van der Waals surface area contributed by atoms with Crippen molar-refractivity contribution in [1.29, 1.82) is 0 Å². The smallest absolute Gasteiger partial charge is 0.352 e. The summed E-state index contributed by atoms with van der Waals surface area (Å²) in [5.74, 6) is 8.97. The van der Waals surface area contributed by atoms with Gasteiger partial charge < -0.3 is 14.9 Å². The number of nitrogens with zero attached hydrogens (tertiary/aromatic N) is 6. The van der Waals surface area contributed by atoms with Crippen molar-refractivity contribution in [2.24, 2.45) is 105 Å². The highest BCUT2D eigenvalue weighted by Crippen LogP contribution is 2.63. The molecule has 20 atom stereocenters. The van der Waals surface area contributed by atoms with Crippen molar-refractivity contribution in [3.8, 4) is 11.4 Å². The number of hydrogen-bond donors (Lipinski definition) is 2. The van der Waals surface area contributed by atoms with E-state index in [1.807, 2.05) is 60.7 Å². The van der Waals surface area contributed by atoms with E-state index in [4.69, 9.17) is 4.74 Å². The van der Waals surface area contributed by atoms with E-state index in [-0.39, 0.29) is 69.2 Å². The Kier molecular flexibility index (Phi) is 28.0. The second-order valence-corrected chi connectivity index (χ2v) is 40.6. The number of para-hydroxylation sites is 2. The van der Waals surface area contributed by atoms with Gasteiger partial charge in [-0.3, -0.25) is 4.79 Å². The zero-order valence-electron chi connectivity index (χ0n) is 73.8. The second-order valence-electron chi connectivity index (χ2n) is 40.1. The molecule has 117 heavy (non-hydrogen) atoms. The highest BCUT2D eigenvalue weighted by atomic mass is 79.9. The minimum absolute atomic E-state index is 0.160. The minimum Gasteiger partial charge on any atom is -0.461 e. The number of halogens is 1. The van der Waals surface area contributed by atoms with Crippen LogP contribution in [0.25, 0.3) is 11.4 Å². The Hall–Kier alpha value is -6.81. The molecule has 0 spiro atoms. The van der Waals surface area contributed by atoms with Crippen molar-refractivity contribution in [2.45, 2.75) is 301 Å². The summed E-state index contributed by atoms with van der Waals surface area (Å²) in [6.45, 7) is 40.7. The van der Waals surface area contributed by atoms with Gasteiger partial charge >= 0.3 is 28.7 Å². The molecule has 9 unspecified atom stereocenters. The van der Waals surface area contributed by atoms with Gasteiger partial charge in [0.15, 0.2) is 0 Å². The molecule has 2 aromatic carbocycles. The number of ether oxygens (including phenoxy) is 1. The molecule has 7 fully saturated rings. The molecule has 2 N–H and O–H groups in total. The number of carbonyl (C=O) groups is 1. The number of fused-ring (bicyclic) bond motifs is 5. The number of aromatic nitrogens is 6. The third-order valence-electron chi connectivity index (χ3n) is 32.1. The summed E-state index contributed by atoms with van der Waals surface area (Å²) in [4.78, 5) is 68.1. The van der Waals surface area contributed by atoms with Crippen LogP contribution in [0.4, 0.5) is 0 Å². The number of allylic oxidation sites excluding steroid dienone is 16. The van der Waals surface area contributed by atoms with E-state index in [9.17, 15) is 34.2 Å². The largest absolute Gasteiger partial charge is 0.461 e. The van der Waals surface area contributed by atoms with Crippen LogP contribution in [0.2, 0.25) is 0 Å². The van der Waals surface area contributed by atoms with E-state index in [2.05, 4.69) is 187 Å². The Morgan fingerprint density at radius 1 is 0.479 bits per heavy atom. The molecule has 7 saturated carbocycles.